The van der Waals surface area contributed by atoms with E-state index in [4.69, 9.17) is 14.2 Å². The lowest BCUT2D eigenvalue weighted by molar-refractivity contribution is 0.324. The maximum Gasteiger partial charge on any atom is 0.203 e. The molecule has 0 fully saturated rings. The van der Waals surface area contributed by atoms with E-state index in [0.29, 0.717) is 22.9 Å². The largest absolute Gasteiger partial charge is 0.493 e. The molecule has 0 atom stereocenters. The van der Waals surface area contributed by atoms with Crippen LogP contribution in [0.2, 0.25) is 0 Å². The van der Waals surface area contributed by atoms with Crippen molar-refractivity contribution in [2.45, 2.75) is 0 Å². The van der Waals surface area contributed by atoms with Gasteiger partial charge < -0.3 is 14.2 Å². The Hall–Kier alpha value is -3.73. The van der Waals surface area contributed by atoms with Crippen molar-refractivity contribution in [1.82, 2.24) is 5.43 Å². The van der Waals surface area contributed by atoms with Gasteiger partial charge in [-0.15, -0.1) is 0 Å². The number of nitrogens with one attached hydrogen (secondary N) is 1. The highest BCUT2D eigenvalue weighted by atomic mass is 16.5. The number of benzene rings is 3. The third-order valence-corrected chi connectivity index (χ3v) is 4.41. The van der Waals surface area contributed by atoms with Crippen molar-refractivity contribution in [2.75, 3.05) is 21.3 Å². The quantitative estimate of drug-likeness (QED) is 0.448. The van der Waals surface area contributed by atoms with Gasteiger partial charge in [-0.05, 0) is 12.1 Å². The predicted molar refractivity (Wildman–Crippen MR) is 117 cm³/mol. The molecule has 3 aromatic carbocycles. The number of rotatable bonds is 8. The highest BCUT2D eigenvalue weighted by molar-refractivity contribution is 6.12. The number of nitrogens with zero attached hydrogens (tertiary/aromatic N) is 1. The highest BCUT2D eigenvalue weighted by Gasteiger charge is 2.15. The Bertz CT molecular complexity index is 933. The number of ether oxygens (including phenoxy) is 3. The van der Waals surface area contributed by atoms with E-state index in [1.54, 1.807) is 21.3 Å². The molecule has 0 saturated heterocycles. The summed E-state index contributed by atoms with van der Waals surface area (Å²) in [5.41, 5.74) is 7.29. The molecule has 0 aliphatic heterocycles. The molecule has 0 aliphatic rings. The Morgan fingerprint density at radius 3 is 1.62 bits per heavy atom. The second-order valence-electron chi connectivity index (χ2n) is 6.20. The van der Waals surface area contributed by atoms with Crippen LogP contribution in [0.5, 0.6) is 17.2 Å². The van der Waals surface area contributed by atoms with Crippen molar-refractivity contribution in [1.29, 1.82) is 0 Å². The van der Waals surface area contributed by atoms with Gasteiger partial charge in [-0.2, -0.15) is 5.10 Å². The molecule has 0 heterocycles. The Labute approximate surface area is 171 Å². The summed E-state index contributed by atoms with van der Waals surface area (Å²) in [6, 6.07) is 23.7. The van der Waals surface area contributed by atoms with E-state index in [9.17, 15) is 0 Å². The summed E-state index contributed by atoms with van der Waals surface area (Å²) in [5.74, 6) is 1.64. The molecule has 0 aromatic heterocycles. The molecule has 0 aliphatic carbocycles. The topological polar surface area (TPSA) is 52.1 Å². The molecule has 0 amide bonds. The maximum atomic E-state index is 5.42. The second-order valence-corrected chi connectivity index (χ2v) is 6.20. The minimum atomic E-state index is 0.532. The van der Waals surface area contributed by atoms with Crippen molar-refractivity contribution < 1.29 is 14.2 Å². The normalized spacial score (nSPS) is 10.0. The van der Waals surface area contributed by atoms with Gasteiger partial charge in [0.15, 0.2) is 11.5 Å². The minimum absolute atomic E-state index is 0.532. The first kappa shape index (κ1) is 20.0. The van der Waals surface area contributed by atoms with Gasteiger partial charge in [0, 0.05) is 16.7 Å². The van der Waals surface area contributed by atoms with E-state index in [0.717, 1.165) is 22.4 Å². The fraction of sp³-hybridized carbons (Fsp3) is 0.125. The predicted octanol–water partition coefficient (Wildman–Crippen LogP) is 4.73. The first-order chi connectivity index (χ1) is 14.2. The summed E-state index contributed by atoms with van der Waals surface area (Å²) in [5, 5.41) is 4.65. The number of hydrogen-bond acceptors (Lipinski definition) is 5. The third-order valence-electron chi connectivity index (χ3n) is 4.41. The zero-order chi connectivity index (χ0) is 20.6. The van der Waals surface area contributed by atoms with Gasteiger partial charge >= 0.3 is 0 Å². The molecule has 0 unspecified atom stereocenters. The first-order valence-electron chi connectivity index (χ1n) is 9.11. The molecule has 0 spiro atoms. The van der Waals surface area contributed by atoms with Gasteiger partial charge in [0.25, 0.3) is 0 Å². The van der Waals surface area contributed by atoms with Gasteiger partial charge in [-0.25, -0.2) is 0 Å². The van der Waals surface area contributed by atoms with Gasteiger partial charge in [-0.3, -0.25) is 5.43 Å². The summed E-state index contributed by atoms with van der Waals surface area (Å²) in [7, 11) is 4.74. The summed E-state index contributed by atoms with van der Waals surface area (Å²) >= 11 is 0. The molecule has 3 aromatic rings. The standard InChI is InChI=1S/C24H24N2O3/c1-17(20-15-21(27-2)24(29-4)22(16-20)28-3)25-26-23(18-11-7-5-8-12-18)19-13-9-6-10-14-19/h5-16,25H,1H2,2-4H3. The van der Waals surface area contributed by atoms with Gasteiger partial charge in [0.05, 0.1) is 32.7 Å². The smallest absolute Gasteiger partial charge is 0.203 e. The van der Waals surface area contributed by atoms with Crippen LogP contribution in [0.4, 0.5) is 0 Å². The third kappa shape index (κ3) is 4.58. The Morgan fingerprint density at radius 2 is 1.21 bits per heavy atom. The molecule has 148 valence electrons. The zero-order valence-corrected chi connectivity index (χ0v) is 16.8. The monoisotopic (exact) mass is 388 g/mol. The van der Waals surface area contributed by atoms with Crippen LogP contribution in [0.25, 0.3) is 5.70 Å². The van der Waals surface area contributed by atoms with Crippen LogP contribution in [0.1, 0.15) is 16.7 Å². The number of methoxy groups -OCH3 is 3. The maximum absolute atomic E-state index is 5.42. The summed E-state index contributed by atoms with van der Waals surface area (Å²) in [6.07, 6.45) is 0. The average molecular weight is 388 g/mol. The molecular formula is C24H24N2O3. The fourth-order valence-corrected chi connectivity index (χ4v) is 2.93. The SMILES string of the molecule is C=C(NN=C(c1ccccc1)c1ccccc1)c1cc(OC)c(OC)c(OC)c1. The number of hydrogen-bond donors (Lipinski definition) is 1. The van der Waals surface area contributed by atoms with E-state index in [1.807, 2.05) is 72.8 Å². The molecule has 1 N–H and O–H groups in total. The van der Waals surface area contributed by atoms with E-state index >= 15 is 0 Å². The fourth-order valence-electron chi connectivity index (χ4n) is 2.93. The van der Waals surface area contributed by atoms with Crippen molar-refractivity contribution in [3.05, 3.63) is 96.1 Å². The lowest BCUT2D eigenvalue weighted by atomic mass is 10.0. The van der Waals surface area contributed by atoms with Crippen molar-refractivity contribution >= 4 is 11.4 Å². The molecule has 0 bridgehead atoms. The van der Waals surface area contributed by atoms with Crippen LogP contribution >= 0.6 is 0 Å². The number of hydrazone groups is 1. The summed E-state index contributed by atoms with van der Waals surface area (Å²) in [4.78, 5) is 0. The van der Waals surface area contributed by atoms with Gasteiger partial charge in [-0.1, -0.05) is 67.2 Å². The van der Waals surface area contributed by atoms with Gasteiger partial charge in [0.1, 0.15) is 0 Å². The first-order valence-corrected chi connectivity index (χ1v) is 9.11. The van der Waals surface area contributed by atoms with E-state index in [1.165, 1.54) is 0 Å². The van der Waals surface area contributed by atoms with Crippen LogP contribution in [0.3, 0.4) is 0 Å². The van der Waals surface area contributed by atoms with Crippen LogP contribution in [0.15, 0.2) is 84.5 Å². The van der Waals surface area contributed by atoms with Crippen molar-refractivity contribution in [3.8, 4) is 17.2 Å². The Morgan fingerprint density at radius 1 is 0.724 bits per heavy atom. The van der Waals surface area contributed by atoms with Crippen LogP contribution in [-0.2, 0) is 0 Å². The molecule has 0 radical (unpaired) electrons. The zero-order valence-electron chi connectivity index (χ0n) is 16.8. The van der Waals surface area contributed by atoms with Gasteiger partial charge in [0.2, 0.25) is 5.75 Å². The molecular weight excluding hydrogens is 364 g/mol. The molecule has 3 rings (SSSR count). The molecule has 0 saturated carbocycles. The van der Waals surface area contributed by atoms with Crippen molar-refractivity contribution in [2.24, 2.45) is 5.10 Å². The lowest BCUT2D eigenvalue weighted by Crippen LogP contribution is -2.12. The second kappa shape index (κ2) is 9.46. The molecule has 5 heteroatoms. The minimum Gasteiger partial charge on any atom is -0.493 e. The van der Waals surface area contributed by atoms with E-state index in [-0.39, 0.29) is 0 Å². The van der Waals surface area contributed by atoms with Crippen LogP contribution in [0, 0.1) is 0 Å². The summed E-state index contributed by atoms with van der Waals surface area (Å²) in [6.45, 7) is 4.12. The summed E-state index contributed by atoms with van der Waals surface area (Å²) < 4.78 is 16.2. The van der Waals surface area contributed by atoms with E-state index in [2.05, 4.69) is 17.1 Å². The van der Waals surface area contributed by atoms with E-state index < -0.39 is 0 Å². The van der Waals surface area contributed by atoms with Crippen LogP contribution < -0.4 is 19.6 Å². The lowest BCUT2D eigenvalue weighted by Gasteiger charge is -2.15. The molecule has 29 heavy (non-hydrogen) atoms. The average Bonchev–Trinajstić information content (AvgIpc) is 2.79. The Kier molecular flexibility index (Phi) is 6.53. The molecule has 5 nitrogen and oxygen atoms in total. The van der Waals surface area contributed by atoms with Crippen molar-refractivity contribution in [3.63, 3.8) is 0 Å². The highest BCUT2D eigenvalue weighted by Crippen LogP contribution is 2.39. The Balaban J connectivity index is 1.95. The van der Waals surface area contributed by atoms with Crippen LogP contribution in [-0.4, -0.2) is 27.0 Å².